The first-order chi connectivity index (χ1) is 10.3. The van der Waals surface area contributed by atoms with E-state index < -0.39 is 32.5 Å². The van der Waals surface area contributed by atoms with Gasteiger partial charge in [0, 0.05) is 22.3 Å². The zero-order chi connectivity index (χ0) is 21.5. The van der Waals surface area contributed by atoms with Crippen LogP contribution in [0.5, 0.6) is 0 Å². The van der Waals surface area contributed by atoms with E-state index in [0.717, 1.165) is 13.8 Å². The normalized spacial score (nSPS) is 3.30. The van der Waals surface area contributed by atoms with Crippen LogP contribution in [0.15, 0.2) is 0 Å². The Bertz CT molecular complexity index is 395. The van der Waals surface area contributed by atoms with Gasteiger partial charge < -0.3 is 196 Å². The summed E-state index contributed by atoms with van der Waals surface area (Å²) in [4.78, 5) is 34.3. The van der Waals surface area contributed by atoms with Crippen LogP contribution in [0.2, 0.25) is 0 Å². The molecule has 50 N–H and O–H groups in total. The minimum atomic E-state index is -5.17. The van der Waals surface area contributed by atoms with Gasteiger partial charge in [-0.2, -0.15) is 0 Å². The fourth-order valence-corrected chi connectivity index (χ4v) is 0. The maximum Gasteiger partial charge on any atom is 2.00 e. The first kappa shape index (κ1) is 472. The molecule has 0 saturated heterocycles. The second kappa shape index (κ2) is 400. The maximum atomic E-state index is 8.89. The molecule has 0 unspecified atom stereocenters. The Hall–Kier alpha value is -0.132. The summed E-state index contributed by atoms with van der Waals surface area (Å²) in [5.74, 6) is -2.17. The number of carbonyl (C=O) groups excluding carboxylic acids is 2. The Labute approximate surface area is 367 Å². The van der Waals surface area contributed by atoms with E-state index in [4.69, 9.17) is 88.3 Å². The molecule has 0 aliphatic carbocycles. The van der Waals surface area contributed by atoms with Crippen LogP contribution in [0.1, 0.15) is 13.8 Å². The molecule has 0 aromatic rings. The SMILES string of the molecule is CC(=O)[O-].CC(=O)[O-].O.O.O.O.O.O.O.O.O.O.O.O.O.O.O.O.O.O.O.O.O.O.O.O.O.O=S(=O)([O-])[O-].O=[N+]([O-])[O-].O=[N+]([O-])[O-].[Cl][Co][Cl].[Co+2].[Co+2].[Cu+2].[Cu+2].[Cu+2]. The summed E-state index contributed by atoms with van der Waals surface area (Å²) in [6, 6.07) is 0. The molecular weight excluding hydrogens is 1170 g/mol. The summed E-state index contributed by atoms with van der Waals surface area (Å²) in [6.07, 6.45) is 0. The molecule has 0 aliphatic heterocycles. The first-order valence-electron chi connectivity index (χ1n) is 3.83. The van der Waals surface area contributed by atoms with Gasteiger partial charge in [-0.05, 0) is 13.8 Å². The molecule has 0 atom stereocenters. The van der Waals surface area contributed by atoms with Crippen LogP contribution < -0.4 is 10.2 Å². The van der Waals surface area contributed by atoms with Gasteiger partial charge in [-0.25, -0.2) is 0 Å². The number of aliphatic carboxylic acids is 2. The fourth-order valence-electron chi connectivity index (χ4n) is 0. The summed E-state index contributed by atoms with van der Waals surface area (Å²) >= 11 is 0.382. The molecule has 5 radical (unpaired) electrons. The molecule has 50 heteroatoms. The summed E-state index contributed by atoms with van der Waals surface area (Å²) < 4.78 is 34.1. The van der Waals surface area contributed by atoms with Gasteiger partial charge in [0.1, 0.15) is 0 Å². The van der Waals surface area contributed by atoms with Crippen molar-refractivity contribution in [2.24, 2.45) is 0 Å². The minimum Gasteiger partial charge on any atom is 2.00 e. The van der Waals surface area contributed by atoms with Gasteiger partial charge >= 0.3 is 118 Å². The van der Waals surface area contributed by atoms with E-state index in [0.29, 0.717) is 12.9 Å². The molecule has 0 aliphatic rings. The Kier molecular flexibility index (Phi) is 3490. The number of rotatable bonds is 0. The summed E-state index contributed by atoms with van der Waals surface area (Å²) in [5.41, 5.74) is 0. The minimum absolute atomic E-state index is 0. The molecule has 0 bridgehead atoms. The molecule has 0 saturated carbocycles. The van der Waals surface area contributed by atoms with Crippen LogP contribution in [-0.4, -0.2) is 177 Å². The van der Waals surface area contributed by atoms with E-state index in [1.807, 2.05) is 0 Å². The van der Waals surface area contributed by atoms with Gasteiger partial charge in [-0.1, -0.05) is 0 Å². The third-order valence-corrected chi connectivity index (χ3v) is 0. The van der Waals surface area contributed by atoms with Gasteiger partial charge in [0.05, 0.1) is 10.2 Å². The number of hydrogen-bond acceptors (Lipinski definition) is 14. The van der Waals surface area contributed by atoms with Crippen LogP contribution in [0.25, 0.3) is 0 Å². The molecule has 0 aromatic carbocycles. The van der Waals surface area contributed by atoms with Gasteiger partial charge in [-0.3, -0.25) is 8.42 Å². The summed E-state index contributed by atoms with van der Waals surface area (Å²) in [5, 5.41) is 47.3. The van der Waals surface area contributed by atoms with Crippen molar-refractivity contribution in [2.45, 2.75) is 13.8 Å². The average Bonchev–Trinajstić information content (AvgIpc) is 2.09. The van der Waals surface area contributed by atoms with E-state index in [1.165, 1.54) is 0 Å². The van der Waals surface area contributed by atoms with Crippen molar-refractivity contribution in [2.75, 3.05) is 0 Å². The second-order valence-corrected chi connectivity index (χ2v) is 4.42. The molecular formula is C4H56Cl2Co3Cu3N2O39S+4. The van der Waals surface area contributed by atoms with E-state index in [-0.39, 0.29) is 222 Å². The predicted octanol–water partition coefficient (Wildman–Crippen LogP) is -23.6. The smallest absolute Gasteiger partial charge is 2.00 e. The van der Waals surface area contributed by atoms with Crippen molar-refractivity contribution in [3.05, 3.63) is 30.6 Å². The number of carbonyl (C=O) groups is 2. The number of halogens is 2. The molecule has 392 valence electrons. The Morgan fingerprint density at radius 3 is 0.426 bits per heavy atom. The molecule has 0 amide bonds. The van der Waals surface area contributed by atoms with Crippen molar-refractivity contribution in [3.8, 4) is 0 Å². The van der Waals surface area contributed by atoms with Crippen LogP contribution >= 0.6 is 20.3 Å². The van der Waals surface area contributed by atoms with Crippen LogP contribution in [0.4, 0.5) is 0 Å². The molecule has 41 nitrogen and oxygen atoms in total. The zero-order valence-electron chi connectivity index (χ0n) is 25.2. The average molecular weight is 1230 g/mol. The van der Waals surface area contributed by atoms with E-state index >= 15 is 0 Å². The number of nitrogens with zero attached hydrogens (tertiary/aromatic N) is 2. The fraction of sp³-hybridized carbons (Fsp3) is 0.500. The first-order valence-corrected chi connectivity index (χ1v) is 8.03. The van der Waals surface area contributed by atoms with Crippen molar-refractivity contribution in [3.63, 3.8) is 0 Å². The van der Waals surface area contributed by atoms with Crippen molar-refractivity contribution in [1.29, 1.82) is 0 Å². The molecule has 0 rings (SSSR count). The van der Waals surface area contributed by atoms with E-state index in [2.05, 4.69) is 0 Å². The van der Waals surface area contributed by atoms with E-state index in [9.17, 15) is 0 Å². The third kappa shape index (κ3) is 7690000. The van der Waals surface area contributed by atoms with Crippen LogP contribution in [0, 0.1) is 30.6 Å². The second-order valence-electron chi connectivity index (χ2n) is 1.89. The Morgan fingerprint density at radius 2 is 0.426 bits per heavy atom. The summed E-state index contributed by atoms with van der Waals surface area (Å²) in [6.45, 7) is 1.94. The quantitative estimate of drug-likeness (QED) is 0.0715. The van der Waals surface area contributed by atoms with Gasteiger partial charge in [0.25, 0.3) is 0 Å². The molecule has 0 heterocycles. The molecule has 0 fully saturated rings. The summed E-state index contributed by atoms with van der Waals surface area (Å²) in [7, 11) is 4.30. The monoisotopic (exact) mass is 1220 g/mol. The molecule has 0 spiro atoms. The van der Waals surface area contributed by atoms with Crippen LogP contribution in [0.3, 0.4) is 0 Å². The molecule has 54 heavy (non-hydrogen) atoms. The Morgan fingerprint density at radius 1 is 0.426 bits per heavy atom. The Balaban J connectivity index is -0.00000000191. The van der Waals surface area contributed by atoms with Gasteiger partial charge in [-0.15, -0.1) is 0 Å². The predicted molar refractivity (Wildman–Crippen MR) is 155 cm³/mol. The standard InChI is InChI=1S/2C2H4O2.2ClH.3Co.3Cu.2NO3.H2O4S.25H2O/c2*1-2(3)4;;;;;;;;;2*2-1(3)4;1-5(2,3)4;;;;;;;;;;;;;;;;;;;;;;;;;/h2*1H3,(H,3,4);2*1H;;;;;;;;;(H2,1,2,3,4);25*1H2/q;;;;6*+2;2*-1;;;;;;;;;;;;;;;;;;;;;;;;;;/p-6. The zero-order valence-corrected chi connectivity index (χ0v) is 33.5. The van der Waals surface area contributed by atoms with Gasteiger partial charge in [0.15, 0.2) is 0 Å². The van der Waals surface area contributed by atoms with Gasteiger partial charge in [0.2, 0.25) is 0 Å². The number of carboxylic acids is 2. The largest absolute Gasteiger partial charge is 2.00 e. The maximum absolute atomic E-state index is 8.89. The molecule has 0 aromatic heterocycles. The topological polar surface area (TPSA) is 1080 Å². The number of carboxylic acid groups (broad SMARTS) is 2. The van der Waals surface area contributed by atoms with Crippen molar-refractivity contribution < 1.29 is 282 Å². The van der Waals surface area contributed by atoms with E-state index in [1.54, 1.807) is 0 Å². The third-order valence-electron chi connectivity index (χ3n) is 0. The van der Waals surface area contributed by atoms with Crippen LogP contribution in [-0.2, 0) is 118 Å². The van der Waals surface area contributed by atoms with Crippen molar-refractivity contribution in [1.82, 2.24) is 0 Å². The number of hydrogen-bond donors (Lipinski definition) is 0. The van der Waals surface area contributed by atoms with Crippen molar-refractivity contribution >= 4 is 42.6 Å².